The van der Waals surface area contributed by atoms with Gasteiger partial charge in [0.25, 0.3) is 0 Å². The van der Waals surface area contributed by atoms with Gasteiger partial charge in [0.15, 0.2) is 0 Å². The number of rotatable bonds is 3. The molecule has 0 radical (unpaired) electrons. The first-order valence-electron chi connectivity index (χ1n) is 4.96. The highest BCUT2D eigenvalue weighted by atomic mass is 35.5. The summed E-state index contributed by atoms with van der Waals surface area (Å²) in [5, 5.41) is 0. The van der Waals surface area contributed by atoms with Gasteiger partial charge in [0.05, 0.1) is 0 Å². The van der Waals surface area contributed by atoms with E-state index in [0.29, 0.717) is 5.88 Å². The molecule has 3 heteroatoms. The lowest BCUT2D eigenvalue weighted by Crippen LogP contribution is -1.87. The van der Waals surface area contributed by atoms with Crippen LogP contribution in [0.4, 0.5) is 5.69 Å². The summed E-state index contributed by atoms with van der Waals surface area (Å²) in [6.45, 7) is 0. The van der Waals surface area contributed by atoms with E-state index in [1.54, 1.807) is 12.1 Å². The average molecular weight is 234 g/mol. The van der Waals surface area contributed by atoms with Gasteiger partial charge < -0.3 is 10.5 Å². The van der Waals surface area contributed by atoms with E-state index in [2.05, 4.69) is 0 Å². The van der Waals surface area contributed by atoms with Gasteiger partial charge in [0, 0.05) is 11.6 Å². The van der Waals surface area contributed by atoms with Crippen LogP contribution >= 0.6 is 11.6 Å². The van der Waals surface area contributed by atoms with Crippen molar-refractivity contribution in [3.63, 3.8) is 0 Å². The van der Waals surface area contributed by atoms with Gasteiger partial charge in [0.2, 0.25) is 0 Å². The van der Waals surface area contributed by atoms with E-state index in [4.69, 9.17) is 22.1 Å². The van der Waals surface area contributed by atoms with Crippen molar-refractivity contribution in [3.8, 4) is 11.5 Å². The van der Waals surface area contributed by atoms with Crippen molar-refractivity contribution >= 4 is 17.3 Å². The maximum atomic E-state index is 5.75. The molecule has 2 N–H and O–H groups in total. The first kappa shape index (κ1) is 10.8. The smallest absolute Gasteiger partial charge is 0.127 e. The van der Waals surface area contributed by atoms with E-state index in [1.165, 1.54) is 0 Å². The fourth-order valence-electron chi connectivity index (χ4n) is 1.36. The zero-order chi connectivity index (χ0) is 11.4. The number of ether oxygens (including phenoxy) is 1. The molecule has 2 aromatic carbocycles. The molecule has 0 saturated heterocycles. The molecule has 2 aromatic rings. The van der Waals surface area contributed by atoms with Gasteiger partial charge in [-0.15, -0.1) is 11.6 Å². The Morgan fingerprint density at radius 2 is 1.75 bits per heavy atom. The number of anilines is 1. The standard InChI is InChI=1S/C13H12ClNO/c14-9-10-2-1-3-13(8-10)16-12-6-4-11(15)5-7-12/h1-8H,9,15H2. The molecular formula is C13H12ClNO. The predicted molar refractivity (Wildman–Crippen MR) is 66.9 cm³/mol. The predicted octanol–water partition coefficient (Wildman–Crippen LogP) is 3.80. The highest BCUT2D eigenvalue weighted by molar-refractivity contribution is 6.17. The van der Waals surface area contributed by atoms with E-state index in [-0.39, 0.29) is 0 Å². The Hall–Kier alpha value is -1.67. The molecule has 0 saturated carbocycles. The van der Waals surface area contributed by atoms with E-state index >= 15 is 0 Å². The van der Waals surface area contributed by atoms with Crippen LogP contribution in [0.25, 0.3) is 0 Å². The Labute approximate surface area is 99.6 Å². The average Bonchev–Trinajstić information content (AvgIpc) is 2.32. The Balaban J connectivity index is 2.16. The molecule has 0 aliphatic rings. The number of benzene rings is 2. The first-order chi connectivity index (χ1) is 7.78. The molecule has 0 spiro atoms. The molecule has 0 amide bonds. The summed E-state index contributed by atoms with van der Waals surface area (Å²) in [5.74, 6) is 2.03. The summed E-state index contributed by atoms with van der Waals surface area (Å²) in [6.07, 6.45) is 0. The van der Waals surface area contributed by atoms with Crippen LogP contribution in [0.3, 0.4) is 0 Å². The molecule has 0 bridgehead atoms. The third kappa shape index (κ3) is 2.67. The van der Waals surface area contributed by atoms with Gasteiger partial charge in [-0.1, -0.05) is 12.1 Å². The lowest BCUT2D eigenvalue weighted by atomic mass is 10.2. The zero-order valence-corrected chi connectivity index (χ0v) is 9.45. The summed E-state index contributed by atoms with van der Waals surface area (Å²) in [6, 6.07) is 15.0. The minimum Gasteiger partial charge on any atom is -0.457 e. The normalized spacial score (nSPS) is 10.1. The van der Waals surface area contributed by atoms with Crippen molar-refractivity contribution in [1.82, 2.24) is 0 Å². The van der Waals surface area contributed by atoms with Crippen LogP contribution in [0.1, 0.15) is 5.56 Å². The van der Waals surface area contributed by atoms with Crippen LogP contribution in [-0.4, -0.2) is 0 Å². The number of nitrogens with two attached hydrogens (primary N) is 1. The second-order valence-corrected chi connectivity index (χ2v) is 3.72. The van der Waals surface area contributed by atoms with Gasteiger partial charge >= 0.3 is 0 Å². The highest BCUT2D eigenvalue weighted by Crippen LogP contribution is 2.23. The van der Waals surface area contributed by atoms with Crippen LogP contribution in [-0.2, 0) is 5.88 Å². The molecule has 2 nitrogen and oxygen atoms in total. The second kappa shape index (κ2) is 4.90. The lowest BCUT2D eigenvalue weighted by molar-refractivity contribution is 0.482. The van der Waals surface area contributed by atoms with Crippen LogP contribution in [0, 0.1) is 0 Å². The van der Waals surface area contributed by atoms with Crippen LogP contribution in [0.2, 0.25) is 0 Å². The maximum Gasteiger partial charge on any atom is 0.127 e. The van der Waals surface area contributed by atoms with Crippen molar-refractivity contribution in [3.05, 3.63) is 54.1 Å². The minimum absolute atomic E-state index is 0.485. The third-order valence-electron chi connectivity index (χ3n) is 2.17. The molecule has 0 heterocycles. The van der Waals surface area contributed by atoms with Crippen LogP contribution in [0.5, 0.6) is 11.5 Å². The summed E-state index contributed by atoms with van der Waals surface area (Å²) >= 11 is 5.75. The lowest BCUT2D eigenvalue weighted by Gasteiger charge is -2.06. The SMILES string of the molecule is Nc1ccc(Oc2cccc(CCl)c2)cc1. The van der Waals surface area contributed by atoms with Gasteiger partial charge in [-0.05, 0) is 42.0 Å². The summed E-state index contributed by atoms with van der Waals surface area (Å²) in [5.41, 5.74) is 7.35. The molecule has 0 aliphatic carbocycles. The topological polar surface area (TPSA) is 35.2 Å². The molecule has 0 aliphatic heterocycles. The molecule has 82 valence electrons. The van der Waals surface area contributed by atoms with Crippen molar-refractivity contribution < 1.29 is 4.74 Å². The quantitative estimate of drug-likeness (QED) is 0.647. The Bertz CT molecular complexity index is 468. The molecular weight excluding hydrogens is 222 g/mol. The summed E-state index contributed by atoms with van der Waals surface area (Å²) in [4.78, 5) is 0. The Morgan fingerprint density at radius 1 is 1.00 bits per heavy atom. The number of alkyl halides is 1. The van der Waals surface area contributed by atoms with Crippen LogP contribution < -0.4 is 10.5 Å². The largest absolute Gasteiger partial charge is 0.457 e. The van der Waals surface area contributed by atoms with E-state index in [9.17, 15) is 0 Å². The van der Waals surface area contributed by atoms with Crippen molar-refractivity contribution in [2.24, 2.45) is 0 Å². The van der Waals surface area contributed by atoms with Gasteiger partial charge in [-0.25, -0.2) is 0 Å². The summed E-state index contributed by atoms with van der Waals surface area (Å²) < 4.78 is 5.66. The van der Waals surface area contributed by atoms with Crippen molar-refractivity contribution in [2.45, 2.75) is 5.88 Å². The fourth-order valence-corrected chi connectivity index (χ4v) is 1.53. The van der Waals surface area contributed by atoms with Crippen molar-refractivity contribution in [1.29, 1.82) is 0 Å². The van der Waals surface area contributed by atoms with E-state index < -0.39 is 0 Å². The molecule has 0 fully saturated rings. The Morgan fingerprint density at radius 3 is 2.44 bits per heavy atom. The monoisotopic (exact) mass is 233 g/mol. The number of nitrogen functional groups attached to an aromatic ring is 1. The van der Waals surface area contributed by atoms with Crippen molar-refractivity contribution in [2.75, 3.05) is 5.73 Å². The Kier molecular flexibility index (Phi) is 3.32. The third-order valence-corrected chi connectivity index (χ3v) is 2.48. The maximum absolute atomic E-state index is 5.75. The molecule has 2 rings (SSSR count). The molecule has 0 aromatic heterocycles. The number of hydrogen-bond acceptors (Lipinski definition) is 2. The van der Waals surface area contributed by atoms with Gasteiger partial charge in [-0.3, -0.25) is 0 Å². The van der Waals surface area contributed by atoms with Gasteiger partial charge in [0.1, 0.15) is 11.5 Å². The van der Waals surface area contributed by atoms with Gasteiger partial charge in [-0.2, -0.15) is 0 Å². The van der Waals surface area contributed by atoms with E-state index in [1.807, 2.05) is 36.4 Å². The highest BCUT2D eigenvalue weighted by Gasteiger charge is 1.98. The number of halogens is 1. The second-order valence-electron chi connectivity index (χ2n) is 3.45. The van der Waals surface area contributed by atoms with Crippen LogP contribution in [0.15, 0.2) is 48.5 Å². The molecule has 0 atom stereocenters. The molecule has 16 heavy (non-hydrogen) atoms. The first-order valence-corrected chi connectivity index (χ1v) is 5.49. The van der Waals surface area contributed by atoms with E-state index in [0.717, 1.165) is 22.7 Å². The molecule has 0 unspecified atom stereocenters. The fraction of sp³-hybridized carbons (Fsp3) is 0.0769. The minimum atomic E-state index is 0.485. The summed E-state index contributed by atoms with van der Waals surface area (Å²) in [7, 11) is 0. The zero-order valence-electron chi connectivity index (χ0n) is 8.69. The number of hydrogen-bond donors (Lipinski definition) is 1.